The van der Waals surface area contributed by atoms with Gasteiger partial charge in [0.25, 0.3) is 0 Å². The first-order chi connectivity index (χ1) is 7.07. The number of aromatic amines is 1. The topological polar surface area (TPSA) is 54.5 Å². The molecule has 0 atom stereocenters. The molecule has 0 aliphatic carbocycles. The standard InChI is InChI=1S/C8H5F3N4/c9-8(10,11)5-1-2-12-6(3-5)7-4-13-15-14-7/h1-4H,(H,13,14,15). The summed E-state index contributed by atoms with van der Waals surface area (Å²) >= 11 is 0. The summed E-state index contributed by atoms with van der Waals surface area (Å²) in [5.41, 5.74) is -0.338. The lowest BCUT2D eigenvalue weighted by Gasteiger charge is -2.06. The van der Waals surface area contributed by atoms with Gasteiger partial charge in [-0.25, -0.2) is 0 Å². The number of rotatable bonds is 1. The summed E-state index contributed by atoms with van der Waals surface area (Å²) in [6.45, 7) is 0. The third-order valence-corrected chi connectivity index (χ3v) is 1.77. The number of hydrogen-bond donors (Lipinski definition) is 1. The third kappa shape index (κ3) is 1.95. The zero-order chi connectivity index (χ0) is 10.9. The molecular weight excluding hydrogens is 209 g/mol. The first kappa shape index (κ1) is 9.63. The Morgan fingerprint density at radius 1 is 1.20 bits per heavy atom. The fourth-order valence-corrected chi connectivity index (χ4v) is 1.07. The first-order valence-corrected chi connectivity index (χ1v) is 3.97. The van der Waals surface area contributed by atoms with Crippen LogP contribution in [0.3, 0.4) is 0 Å². The van der Waals surface area contributed by atoms with Crippen LogP contribution in [0, 0.1) is 0 Å². The smallest absolute Gasteiger partial charge is 0.265 e. The van der Waals surface area contributed by atoms with E-state index in [2.05, 4.69) is 20.4 Å². The zero-order valence-electron chi connectivity index (χ0n) is 7.28. The van der Waals surface area contributed by atoms with Gasteiger partial charge in [-0.3, -0.25) is 10.1 Å². The Labute approximate surface area is 82.2 Å². The second kappa shape index (κ2) is 3.34. The Balaban J connectivity index is 2.44. The summed E-state index contributed by atoms with van der Waals surface area (Å²) in [7, 11) is 0. The van der Waals surface area contributed by atoms with Crippen molar-refractivity contribution in [3.05, 3.63) is 30.1 Å². The molecule has 78 valence electrons. The van der Waals surface area contributed by atoms with E-state index >= 15 is 0 Å². The van der Waals surface area contributed by atoms with Crippen LogP contribution in [0.15, 0.2) is 24.5 Å². The lowest BCUT2D eigenvalue weighted by Crippen LogP contribution is -2.05. The third-order valence-electron chi connectivity index (χ3n) is 1.77. The SMILES string of the molecule is FC(F)(F)c1ccnc(-c2c[nH]nn2)c1. The molecule has 7 heteroatoms. The predicted molar refractivity (Wildman–Crippen MR) is 44.6 cm³/mol. The van der Waals surface area contributed by atoms with Crippen molar-refractivity contribution in [3.8, 4) is 11.4 Å². The van der Waals surface area contributed by atoms with Crippen molar-refractivity contribution >= 4 is 0 Å². The molecule has 15 heavy (non-hydrogen) atoms. The number of nitrogens with one attached hydrogen (secondary N) is 1. The Morgan fingerprint density at radius 3 is 2.60 bits per heavy atom. The highest BCUT2D eigenvalue weighted by Crippen LogP contribution is 2.30. The van der Waals surface area contributed by atoms with Crippen LogP contribution in [0.4, 0.5) is 13.2 Å². The fraction of sp³-hybridized carbons (Fsp3) is 0.125. The van der Waals surface area contributed by atoms with Crippen LogP contribution in [-0.4, -0.2) is 20.4 Å². The molecule has 0 aliphatic rings. The van der Waals surface area contributed by atoms with E-state index in [0.717, 1.165) is 18.3 Å². The molecule has 0 spiro atoms. The lowest BCUT2D eigenvalue weighted by molar-refractivity contribution is -0.137. The Hall–Kier alpha value is -1.92. The van der Waals surface area contributed by atoms with Crippen LogP contribution in [0.1, 0.15) is 5.56 Å². The molecule has 2 heterocycles. The van der Waals surface area contributed by atoms with Gasteiger partial charge in [0.1, 0.15) is 5.69 Å². The van der Waals surface area contributed by atoms with E-state index in [0.29, 0.717) is 0 Å². The quantitative estimate of drug-likeness (QED) is 0.788. The molecule has 2 rings (SSSR count). The minimum absolute atomic E-state index is 0.138. The summed E-state index contributed by atoms with van der Waals surface area (Å²) < 4.78 is 37.0. The van der Waals surface area contributed by atoms with Crippen LogP contribution in [0.25, 0.3) is 11.4 Å². The number of halogens is 3. The van der Waals surface area contributed by atoms with Crippen molar-refractivity contribution < 1.29 is 13.2 Å². The van der Waals surface area contributed by atoms with E-state index < -0.39 is 11.7 Å². The van der Waals surface area contributed by atoms with Gasteiger partial charge in [0.05, 0.1) is 17.5 Å². The van der Waals surface area contributed by atoms with Gasteiger partial charge < -0.3 is 0 Å². The number of alkyl halides is 3. The molecule has 2 aromatic rings. The van der Waals surface area contributed by atoms with Gasteiger partial charge in [0.15, 0.2) is 0 Å². The molecule has 4 nitrogen and oxygen atoms in total. The minimum atomic E-state index is -4.37. The molecule has 2 aromatic heterocycles. The molecule has 1 N–H and O–H groups in total. The molecule has 0 radical (unpaired) electrons. The maximum Gasteiger partial charge on any atom is 0.416 e. The highest BCUT2D eigenvalue weighted by molar-refractivity contribution is 5.53. The van der Waals surface area contributed by atoms with E-state index in [-0.39, 0.29) is 11.4 Å². The van der Waals surface area contributed by atoms with E-state index in [1.54, 1.807) is 0 Å². The Kier molecular flexibility index (Phi) is 2.14. The second-order valence-corrected chi connectivity index (χ2v) is 2.79. The van der Waals surface area contributed by atoms with Gasteiger partial charge in [0, 0.05) is 6.20 Å². The molecule has 0 aliphatic heterocycles. The number of hydrogen-bond acceptors (Lipinski definition) is 3. The van der Waals surface area contributed by atoms with E-state index in [1.165, 1.54) is 6.20 Å². The van der Waals surface area contributed by atoms with Gasteiger partial charge in [-0.15, -0.1) is 5.10 Å². The molecule has 0 amide bonds. The van der Waals surface area contributed by atoms with Crippen molar-refractivity contribution in [3.63, 3.8) is 0 Å². The average molecular weight is 214 g/mol. The molecular formula is C8H5F3N4. The van der Waals surface area contributed by atoms with E-state index in [1.807, 2.05) is 0 Å². The van der Waals surface area contributed by atoms with Crippen molar-refractivity contribution in [1.29, 1.82) is 0 Å². The van der Waals surface area contributed by atoms with Crippen molar-refractivity contribution in [2.24, 2.45) is 0 Å². The number of pyridine rings is 1. The van der Waals surface area contributed by atoms with Gasteiger partial charge >= 0.3 is 6.18 Å². The van der Waals surface area contributed by atoms with E-state index in [9.17, 15) is 13.2 Å². The van der Waals surface area contributed by atoms with Crippen LogP contribution < -0.4 is 0 Å². The second-order valence-electron chi connectivity index (χ2n) is 2.79. The van der Waals surface area contributed by atoms with Crippen molar-refractivity contribution in [1.82, 2.24) is 20.4 Å². The van der Waals surface area contributed by atoms with Crippen molar-refractivity contribution in [2.45, 2.75) is 6.18 Å². The molecule has 0 bridgehead atoms. The van der Waals surface area contributed by atoms with Crippen LogP contribution >= 0.6 is 0 Å². The highest BCUT2D eigenvalue weighted by Gasteiger charge is 2.30. The largest absolute Gasteiger partial charge is 0.416 e. The Morgan fingerprint density at radius 2 is 2.00 bits per heavy atom. The fourth-order valence-electron chi connectivity index (χ4n) is 1.07. The zero-order valence-corrected chi connectivity index (χ0v) is 7.28. The van der Waals surface area contributed by atoms with Crippen LogP contribution in [0.5, 0.6) is 0 Å². The highest BCUT2D eigenvalue weighted by atomic mass is 19.4. The summed E-state index contributed by atoms with van der Waals surface area (Å²) in [5, 5.41) is 9.37. The predicted octanol–water partition coefficient (Wildman–Crippen LogP) is 1.89. The normalized spacial score (nSPS) is 11.7. The number of H-pyrrole nitrogens is 1. The Bertz CT molecular complexity index is 449. The average Bonchev–Trinajstić information content (AvgIpc) is 2.69. The first-order valence-electron chi connectivity index (χ1n) is 3.97. The number of nitrogens with zero attached hydrogens (tertiary/aromatic N) is 3. The summed E-state index contributed by atoms with van der Waals surface area (Å²) in [4.78, 5) is 3.77. The molecule has 0 saturated carbocycles. The van der Waals surface area contributed by atoms with Crippen LogP contribution in [-0.2, 0) is 6.18 Å². The summed E-state index contributed by atoms with van der Waals surface area (Å²) in [6, 6.07) is 1.83. The van der Waals surface area contributed by atoms with Crippen molar-refractivity contribution in [2.75, 3.05) is 0 Å². The van der Waals surface area contributed by atoms with Gasteiger partial charge in [-0.2, -0.15) is 13.2 Å². The van der Waals surface area contributed by atoms with Crippen LogP contribution in [0.2, 0.25) is 0 Å². The van der Waals surface area contributed by atoms with Gasteiger partial charge in [-0.1, -0.05) is 5.21 Å². The summed E-state index contributed by atoms with van der Waals surface area (Å²) in [6.07, 6.45) is -1.91. The molecule has 0 aromatic carbocycles. The monoisotopic (exact) mass is 214 g/mol. The summed E-state index contributed by atoms with van der Waals surface area (Å²) in [5.74, 6) is 0. The molecule has 0 saturated heterocycles. The molecule has 0 fully saturated rings. The van der Waals surface area contributed by atoms with Gasteiger partial charge in [0.2, 0.25) is 0 Å². The number of aromatic nitrogens is 4. The van der Waals surface area contributed by atoms with E-state index in [4.69, 9.17) is 0 Å². The maximum absolute atomic E-state index is 12.3. The minimum Gasteiger partial charge on any atom is -0.265 e. The lowest BCUT2D eigenvalue weighted by atomic mass is 10.2. The maximum atomic E-state index is 12.3. The van der Waals surface area contributed by atoms with Gasteiger partial charge in [-0.05, 0) is 12.1 Å². The molecule has 0 unspecified atom stereocenters.